The highest BCUT2D eigenvalue weighted by Crippen LogP contribution is 2.38. The van der Waals surface area contributed by atoms with Crippen molar-refractivity contribution in [3.8, 4) is 11.5 Å². The molecule has 3 aromatic carbocycles. The Balaban J connectivity index is 1.74. The number of methoxy groups -OCH3 is 1. The molecule has 1 atom stereocenters. The lowest BCUT2D eigenvalue weighted by molar-refractivity contribution is 0.414. The molecule has 130 valence electrons. The van der Waals surface area contributed by atoms with Gasteiger partial charge in [0.1, 0.15) is 11.5 Å². The first-order valence-corrected chi connectivity index (χ1v) is 8.60. The van der Waals surface area contributed by atoms with Crippen molar-refractivity contribution in [3.05, 3.63) is 90.0 Å². The highest BCUT2D eigenvalue weighted by Gasteiger charge is 2.30. The van der Waals surface area contributed by atoms with Gasteiger partial charge in [0, 0.05) is 12.0 Å². The van der Waals surface area contributed by atoms with Crippen LogP contribution in [0.2, 0.25) is 0 Å². The number of anilines is 1. The van der Waals surface area contributed by atoms with Crippen LogP contribution in [0.4, 0.5) is 5.69 Å². The van der Waals surface area contributed by atoms with Gasteiger partial charge in [0.05, 0.1) is 24.6 Å². The lowest BCUT2D eigenvalue weighted by atomic mass is 9.97. The minimum Gasteiger partial charge on any atom is -0.507 e. The summed E-state index contributed by atoms with van der Waals surface area (Å²) >= 11 is 0. The van der Waals surface area contributed by atoms with Crippen LogP contribution in [-0.2, 0) is 0 Å². The smallest absolute Gasteiger partial charge is 0.124 e. The SMILES string of the molecule is COc1ccc([C@H]2CC(c3ccccc3O)=NN2c2ccccc2)cc1. The Bertz CT molecular complexity index is 920. The van der Waals surface area contributed by atoms with Crippen LogP contribution in [0.5, 0.6) is 11.5 Å². The highest BCUT2D eigenvalue weighted by molar-refractivity contribution is 6.05. The number of hydrogen-bond donors (Lipinski definition) is 1. The number of phenolic OH excluding ortho intramolecular Hbond substituents is 1. The third-order valence-corrected chi connectivity index (χ3v) is 4.65. The maximum Gasteiger partial charge on any atom is 0.124 e. The van der Waals surface area contributed by atoms with Crippen molar-refractivity contribution in [2.45, 2.75) is 12.5 Å². The quantitative estimate of drug-likeness (QED) is 0.742. The molecule has 0 saturated carbocycles. The van der Waals surface area contributed by atoms with Gasteiger partial charge in [-0.25, -0.2) is 0 Å². The molecule has 1 aliphatic rings. The Labute approximate surface area is 153 Å². The van der Waals surface area contributed by atoms with Gasteiger partial charge in [0.15, 0.2) is 0 Å². The minimum absolute atomic E-state index is 0.0675. The monoisotopic (exact) mass is 344 g/mol. The first-order valence-electron chi connectivity index (χ1n) is 8.60. The molecule has 0 radical (unpaired) electrons. The number of rotatable bonds is 4. The summed E-state index contributed by atoms with van der Waals surface area (Å²) in [6.07, 6.45) is 0.721. The number of aromatic hydroxyl groups is 1. The number of para-hydroxylation sites is 2. The Kier molecular flexibility index (Phi) is 4.32. The Hall–Kier alpha value is -3.27. The second kappa shape index (κ2) is 6.92. The fraction of sp³-hybridized carbons (Fsp3) is 0.136. The van der Waals surface area contributed by atoms with Gasteiger partial charge in [0.2, 0.25) is 0 Å². The summed E-state index contributed by atoms with van der Waals surface area (Å²) in [7, 11) is 1.67. The predicted molar refractivity (Wildman–Crippen MR) is 104 cm³/mol. The van der Waals surface area contributed by atoms with Crippen LogP contribution in [-0.4, -0.2) is 17.9 Å². The lowest BCUT2D eigenvalue weighted by Gasteiger charge is -2.24. The van der Waals surface area contributed by atoms with E-state index >= 15 is 0 Å². The summed E-state index contributed by atoms with van der Waals surface area (Å²) in [5.74, 6) is 1.09. The summed E-state index contributed by atoms with van der Waals surface area (Å²) < 4.78 is 5.27. The van der Waals surface area contributed by atoms with E-state index < -0.39 is 0 Å². The zero-order chi connectivity index (χ0) is 17.9. The average Bonchev–Trinajstić information content (AvgIpc) is 3.14. The standard InChI is InChI=1S/C22H20N2O2/c1-26-18-13-11-16(12-14-18)21-15-20(19-9-5-6-10-22(19)25)23-24(21)17-7-3-2-4-8-17/h2-14,21,25H,15H2,1H3/t21-/m1/s1. The molecule has 1 aliphatic heterocycles. The van der Waals surface area contributed by atoms with Gasteiger partial charge in [-0.15, -0.1) is 0 Å². The molecule has 4 heteroatoms. The van der Waals surface area contributed by atoms with Gasteiger partial charge >= 0.3 is 0 Å². The lowest BCUT2D eigenvalue weighted by Crippen LogP contribution is -2.18. The fourth-order valence-corrected chi connectivity index (χ4v) is 3.30. The van der Waals surface area contributed by atoms with Crippen molar-refractivity contribution in [3.63, 3.8) is 0 Å². The van der Waals surface area contributed by atoms with E-state index in [0.717, 1.165) is 34.7 Å². The molecule has 0 spiro atoms. The zero-order valence-corrected chi connectivity index (χ0v) is 14.5. The summed E-state index contributed by atoms with van der Waals surface area (Å²) in [5, 5.41) is 17.1. The zero-order valence-electron chi connectivity index (χ0n) is 14.5. The summed E-state index contributed by atoms with van der Waals surface area (Å²) in [5.41, 5.74) is 3.85. The molecule has 0 aliphatic carbocycles. The molecule has 0 aromatic heterocycles. The van der Waals surface area contributed by atoms with E-state index in [9.17, 15) is 5.11 Å². The molecule has 0 fully saturated rings. The third-order valence-electron chi connectivity index (χ3n) is 4.65. The predicted octanol–water partition coefficient (Wildman–Crippen LogP) is 4.76. The molecule has 4 rings (SSSR count). The van der Waals surface area contributed by atoms with Crippen molar-refractivity contribution < 1.29 is 9.84 Å². The first-order chi connectivity index (χ1) is 12.8. The van der Waals surface area contributed by atoms with Gasteiger partial charge in [-0.1, -0.05) is 42.5 Å². The van der Waals surface area contributed by atoms with E-state index in [-0.39, 0.29) is 11.8 Å². The number of hydrazone groups is 1. The van der Waals surface area contributed by atoms with Crippen LogP contribution in [0.25, 0.3) is 0 Å². The summed E-state index contributed by atoms with van der Waals surface area (Å²) in [4.78, 5) is 0. The van der Waals surface area contributed by atoms with Gasteiger partial charge in [-0.3, -0.25) is 5.01 Å². The van der Waals surface area contributed by atoms with Crippen molar-refractivity contribution in [2.75, 3.05) is 12.1 Å². The van der Waals surface area contributed by atoms with Crippen molar-refractivity contribution in [1.29, 1.82) is 0 Å². The number of nitrogens with zero attached hydrogens (tertiary/aromatic N) is 2. The summed E-state index contributed by atoms with van der Waals surface area (Å²) in [6, 6.07) is 25.6. The Morgan fingerprint density at radius 3 is 2.31 bits per heavy atom. The van der Waals surface area contributed by atoms with E-state index in [1.54, 1.807) is 13.2 Å². The number of benzene rings is 3. The molecule has 3 aromatic rings. The molecule has 4 nitrogen and oxygen atoms in total. The molecule has 1 N–H and O–H groups in total. The highest BCUT2D eigenvalue weighted by atomic mass is 16.5. The largest absolute Gasteiger partial charge is 0.507 e. The van der Waals surface area contributed by atoms with E-state index in [4.69, 9.17) is 9.84 Å². The molecule has 0 bridgehead atoms. The third kappa shape index (κ3) is 3.02. The van der Waals surface area contributed by atoms with E-state index in [1.807, 2.05) is 65.7 Å². The van der Waals surface area contributed by atoms with Gasteiger partial charge in [-0.2, -0.15) is 5.10 Å². The maximum absolute atomic E-state index is 10.2. The van der Waals surface area contributed by atoms with Crippen LogP contribution in [0.3, 0.4) is 0 Å². The van der Waals surface area contributed by atoms with Crippen LogP contribution in [0, 0.1) is 0 Å². The normalized spacial score (nSPS) is 16.4. The topological polar surface area (TPSA) is 45.1 Å². The van der Waals surface area contributed by atoms with Crippen molar-refractivity contribution >= 4 is 11.4 Å². The van der Waals surface area contributed by atoms with Gasteiger partial charge < -0.3 is 9.84 Å². The van der Waals surface area contributed by atoms with Crippen molar-refractivity contribution in [1.82, 2.24) is 0 Å². The van der Waals surface area contributed by atoms with Crippen LogP contribution in [0.15, 0.2) is 84.0 Å². The van der Waals surface area contributed by atoms with Gasteiger partial charge in [0.25, 0.3) is 0 Å². The minimum atomic E-state index is 0.0675. The Morgan fingerprint density at radius 1 is 0.923 bits per heavy atom. The molecule has 26 heavy (non-hydrogen) atoms. The molecule has 0 saturated heterocycles. The maximum atomic E-state index is 10.2. The van der Waals surface area contributed by atoms with Gasteiger partial charge in [-0.05, 0) is 42.0 Å². The van der Waals surface area contributed by atoms with Crippen molar-refractivity contribution in [2.24, 2.45) is 5.10 Å². The fourth-order valence-electron chi connectivity index (χ4n) is 3.30. The molecular weight excluding hydrogens is 324 g/mol. The number of hydrogen-bond acceptors (Lipinski definition) is 4. The van der Waals surface area contributed by atoms with Crippen LogP contribution in [0.1, 0.15) is 23.6 Å². The second-order valence-electron chi connectivity index (χ2n) is 6.24. The number of phenols is 1. The molecule has 1 heterocycles. The molecular formula is C22H20N2O2. The van der Waals surface area contributed by atoms with E-state index in [1.165, 1.54) is 0 Å². The van der Waals surface area contributed by atoms with E-state index in [2.05, 4.69) is 12.1 Å². The van der Waals surface area contributed by atoms with E-state index in [0.29, 0.717) is 0 Å². The molecule has 0 unspecified atom stereocenters. The second-order valence-corrected chi connectivity index (χ2v) is 6.24. The average molecular weight is 344 g/mol. The summed E-state index contributed by atoms with van der Waals surface area (Å²) in [6.45, 7) is 0. The molecule has 0 amide bonds. The van der Waals surface area contributed by atoms with Crippen LogP contribution >= 0.6 is 0 Å². The van der Waals surface area contributed by atoms with Crippen LogP contribution < -0.4 is 9.75 Å². The number of ether oxygens (including phenoxy) is 1. The Morgan fingerprint density at radius 2 is 1.62 bits per heavy atom. The first kappa shape index (κ1) is 16.2.